The average molecular weight is 773 g/mol. The topological polar surface area (TPSA) is 175 Å². The maximum absolute atomic E-state index is 13.9. The number of likely N-dealkylation sites (tertiary alicyclic amines) is 2. The highest BCUT2D eigenvalue weighted by Crippen LogP contribution is 2.36. The van der Waals surface area contributed by atoms with Crippen molar-refractivity contribution in [3.63, 3.8) is 0 Å². The van der Waals surface area contributed by atoms with E-state index in [-0.39, 0.29) is 29.8 Å². The Morgan fingerprint density at radius 2 is 1.11 bits per heavy atom. The predicted octanol–water partition coefficient (Wildman–Crippen LogP) is 6.94. The fraction of sp³-hybridized carbons (Fsp3) is 0.349. The van der Waals surface area contributed by atoms with E-state index < -0.39 is 24.3 Å². The molecule has 0 unspecified atom stereocenters. The number of aromatic amines is 2. The van der Waals surface area contributed by atoms with Gasteiger partial charge in [-0.25, -0.2) is 19.6 Å². The Bertz CT molecular complexity index is 2180. The number of benzene rings is 3. The SMILES string of the molecule is COC(=O)N[C@H](C(=O)N1CCC[C@H]1c1ncc(-c2ccc(-c3ccc(-c4cnc([C@@H]5CCCN5C(=O)[C@H](NC(=O)OC)c5ccccc5)[nH]4)cc3)cc2)[nH]1)C(C)C. The summed E-state index contributed by atoms with van der Waals surface area (Å²) in [5.74, 6) is 0.954. The van der Waals surface area contributed by atoms with Gasteiger partial charge >= 0.3 is 12.2 Å². The van der Waals surface area contributed by atoms with Crippen LogP contribution in [0.4, 0.5) is 9.59 Å². The first kappa shape index (κ1) is 38.8. The van der Waals surface area contributed by atoms with Gasteiger partial charge in [0, 0.05) is 13.1 Å². The molecule has 4 amide bonds. The van der Waals surface area contributed by atoms with Crippen molar-refractivity contribution in [3.8, 4) is 33.6 Å². The van der Waals surface area contributed by atoms with E-state index in [9.17, 15) is 19.2 Å². The lowest BCUT2D eigenvalue weighted by molar-refractivity contribution is -0.135. The van der Waals surface area contributed by atoms with E-state index in [4.69, 9.17) is 14.5 Å². The van der Waals surface area contributed by atoms with Gasteiger partial charge < -0.3 is 39.9 Å². The predicted molar refractivity (Wildman–Crippen MR) is 213 cm³/mol. The Kier molecular flexibility index (Phi) is 11.7. The number of nitrogens with one attached hydrogen (secondary N) is 4. The van der Waals surface area contributed by atoms with Gasteiger partial charge in [-0.05, 0) is 59.4 Å². The summed E-state index contributed by atoms with van der Waals surface area (Å²) in [5, 5.41) is 5.40. The van der Waals surface area contributed by atoms with Crippen LogP contribution in [0.1, 0.15) is 74.9 Å². The minimum Gasteiger partial charge on any atom is -0.453 e. The highest BCUT2D eigenvalue weighted by atomic mass is 16.5. The molecule has 0 aliphatic carbocycles. The molecule has 2 aliphatic heterocycles. The van der Waals surface area contributed by atoms with Crippen LogP contribution in [0, 0.1) is 5.92 Å². The fourth-order valence-electron chi connectivity index (χ4n) is 7.77. The van der Waals surface area contributed by atoms with Crippen LogP contribution in [-0.4, -0.2) is 87.1 Å². The van der Waals surface area contributed by atoms with Crippen LogP contribution in [0.5, 0.6) is 0 Å². The number of nitrogens with zero attached hydrogens (tertiary/aromatic N) is 4. The van der Waals surface area contributed by atoms with E-state index in [0.29, 0.717) is 24.5 Å². The molecule has 57 heavy (non-hydrogen) atoms. The summed E-state index contributed by atoms with van der Waals surface area (Å²) in [7, 11) is 2.57. The second-order valence-corrected chi connectivity index (χ2v) is 14.7. The van der Waals surface area contributed by atoms with Crippen LogP contribution in [0.15, 0.2) is 91.3 Å². The molecule has 2 saturated heterocycles. The van der Waals surface area contributed by atoms with Crippen molar-refractivity contribution in [2.45, 2.75) is 63.7 Å². The van der Waals surface area contributed by atoms with E-state index in [1.54, 1.807) is 22.2 Å². The Morgan fingerprint density at radius 1 is 0.649 bits per heavy atom. The van der Waals surface area contributed by atoms with Crippen molar-refractivity contribution in [2.75, 3.05) is 27.3 Å². The van der Waals surface area contributed by atoms with Crippen molar-refractivity contribution in [1.29, 1.82) is 0 Å². The summed E-state index contributed by atoms with van der Waals surface area (Å²) in [6, 6.07) is 23.6. The van der Waals surface area contributed by atoms with Gasteiger partial charge in [-0.2, -0.15) is 0 Å². The Morgan fingerprint density at radius 3 is 1.58 bits per heavy atom. The van der Waals surface area contributed by atoms with Crippen LogP contribution < -0.4 is 10.6 Å². The first-order valence-corrected chi connectivity index (χ1v) is 19.3. The molecule has 2 fully saturated rings. The third-order valence-electron chi connectivity index (χ3n) is 10.8. The highest BCUT2D eigenvalue weighted by molar-refractivity contribution is 5.88. The zero-order valence-corrected chi connectivity index (χ0v) is 32.5. The van der Waals surface area contributed by atoms with Gasteiger partial charge in [-0.15, -0.1) is 0 Å². The number of carbonyl (C=O) groups is 4. The molecule has 4 atom stereocenters. The number of rotatable bonds is 11. The van der Waals surface area contributed by atoms with Crippen LogP contribution in [-0.2, 0) is 19.1 Å². The maximum atomic E-state index is 13.9. The number of hydrogen-bond donors (Lipinski definition) is 4. The Balaban J connectivity index is 1.01. The number of methoxy groups -OCH3 is 2. The zero-order valence-electron chi connectivity index (χ0n) is 32.5. The zero-order chi connectivity index (χ0) is 40.1. The van der Waals surface area contributed by atoms with Gasteiger partial charge in [0.15, 0.2) is 0 Å². The van der Waals surface area contributed by atoms with Crippen molar-refractivity contribution >= 4 is 24.0 Å². The van der Waals surface area contributed by atoms with Crippen LogP contribution in [0.2, 0.25) is 0 Å². The number of carbonyl (C=O) groups excluding carboxylic acids is 4. The first-order chi connectivity index (χ1) is 27.6. The molecule has 2 aliphatic rings. The molecular formula is C43H48N8O6. The molecule has 4 heterocycles. The second kappa shape index (κ2) is 17.1. The molecule has 0 radical (unpaired) electrons. The lowest BCUT2D eigenvalue weighted by Gasteiger charge is -2.30. The Labute approximate surface area is 331 Å². The smallest absolute Gasteiger partial charge is 0.407 e. The minimum atomic E-state index is -0.880. The molecule has 14 nitrogen and oxygen atoms in total. The van der Waals surface area contributed by atoms with E-state index in [1.165, 1.54) is 14.2 Å². The van der Waals surface area contributed by atoms with E-state index >= 15 is 0 Å². The van der Waals surface area contributed by atoms with Crippen molar-refractivity contribution in [3.05, 3.63) is 108 Å². The molecular weight excluding hydrogens is 725 g/mol. The number of alkyl carbamates (subject to hydrolysis) is 2. The van der Waals surface area contributed by atoms with Gasteiger partial charge in [-0.1, -0.05) is 92.7 Å². The van der Waals surface area contributed by atoms with Gasteiger partial charge in [-0.3, -0.25) is 9.59 Å². The number of imidazole rings is 2. The number of H-pyrrole nitrogens is 2. The molecule has 0 spiro atoms. The van der Waals surface area contributed by atoms with Crippen molar-refractivity contribution in [1.82, 2.24) is 40.4 Å². The molecule has 2 aromatic heterocycles. The third-order valence-corrected chi connectivity index (χ3v) is 10.8. The summed E-state index contributed by atoms with van der Waals surface area (Å²) in [5.41, 5.74) is 6.41. The van der Waals surface area contributed by atoms with E-state index in [0.717, 1.165) is 65.1 Å². The summed E-state index contributed by atoms with van der Waals surface area (Å²) < 4.78 is 9.58. The number of hydrogen-bond acceptors (Lipinski definition) is 8. The highest BCUT2D eigenvalue weighted by Gasteiger charge is 2.38. The molecule has 3 aromatic carbocycles. The van der Waals surface area contributed by atoms with Crippen LogP contribution >= 0.6 is 0 Å². The minimum absolute atomic E-state index is 0.108. The van der Waals surface area contributed by atoms with E-state index in [2.05, 4.69) is 49.9 Å². The van der Waals surface area contributed by atoms with E-state index in [1.807, 2.05) is 68.4 Å². The average Bonchev–Trinajstić information content (AvgIpc) is 4.09. The molecule has 14 heteroatoms. The summed E-state index contributed by atoms with van der Waals surface area (Å²) in [6.45, 7) is 4.94. The number of amides is 4. The quantitative estimate of drug-likeness (QED) is 0.112. The fourth-order valence-corrected chi connectivity index (χ4v) is 7.77. The first-order valence-electron chi connectivity index (χ1n) is 19.3. The van der Waals surface area contributed by atoms with Crippen molar-refractivity contribution in [2.24, 2.45) is 5.92 Å². The molecule has 296 valence electrons. The normalized spacial score (nSPS) is 17.6. The molecule has 7 rings (SSSR count). The summed E-state index contributed by atoms with van der Waals surface area (Å²) >= 11 is 0. The largest absolute Gasteiger partial charge is 0.453 e. The van der Waals surface area contributed by atoms with Crippen molar-refractivity contribution < 1.29 is 28.7 Å². The van der Waals surface area contributed by atoms with Crippen LogP contribution in [0.3, 0.4) is 0 Å². The maximum Gasteiger partial charge on any atom is 0.407 e. The van der Waals surface area contributed by atoms with Gasteiger partial charge in [0.25, 0.3) is 5.91 Å². The number of aromatic nitrogens is 4. The third kappa shape index (κ3) is 8.39. The molecule has 0 bridgehead atoms. The molecule has 4 N–H and O–H groups in total. The molecule has 0 saturated carbocycles. The van der Waals surface area contributed by atoms with Gasteiger partial charge in [0.2, 0.25) is 5.91 Å². The van der Waals surface area contributed by atoms with Gasteiger partial charge in [0.1, 0.15) is 23.7 Å². The van der Waals surface area contributed by atoms with Crippen LogP contribution in [0.25, 0.3) is 33.6 Å². The monoisotopic (exact) mass is 772 g/mol. The second-order valence-electron chi connectivity index (χ2n) is 14.7. The lowest BCUT2D eigenvalue weighted by atomic mass is 10.0. The summed E-state index contributed by atoms with van der Waals surface area (Å²) in [6.07, 6.45) is 5.49. The molecule has 5 aromatic rings. The van der Waals surface area contributed by atoms with Gasteiger partial charge in [0.05, 0.1) is 50.1 Å². The standard InChI is InChI=1S/C43H48N8O6/c1-26(2)36(48-42(54)56-3)40(52)50-22-8-12-34(50)38-44-24-32(46-38)29-18-14-27(15-19-29)28-16-20-30(21-17-28)33-25-45-39(47-33)35-13-9-23-51(35)41(53)37(49-43(55)57-4)31-10-6-5-7-11-31/h5-7,10-11,14-21,24-26,34-37H,8-9,12-13,22-23H2,1-4H3,(H,44,46)(H,45,47)(H,48,54)(H,49,55)/t34-,35-,36-,37+/m0/s1. The summed E-state index contributed by atoms with van der Waals surface area (Å²) in [4.78, 5) is 71.4. The number of ether oxygens (including phenoxy) is 2. The Hall–Kier alpha value is -6.44. The lowest BCUT2D eigenvalue weighted by Crippen LogP contribution is -2.51.